The van der Waals surface area contributed by atoms with Crippen molar-refractivity contribution >= 4 is 17.6 Å². The zero-order chi connectivity index (χ0) is 13.0. The summed E-state index contributed by atoms with van der Waals surface area (Å²) in [5, 5.41) is 9.33. The van der Waals surface area contributed by atoms with Crippen molar-refractivity contribution in [2.75, 3.05) is 0 Å². The van der Waals surface area contributed by atoms with Crippen molar-refractivity contribution in [3.05, 3.63) is 58.5 Å². The molecule has 0 atom stereocenters. The van der Waals surface area contributed by atoms with Gasteiger partial charge in [-0.25, -0.2) is 4.79 Å². The molecule has 5 heteroatoms. The number of carboxylic acid groups (broad SMARTS) is 1. The molecule has 0 amide bonds. The van der Waals surface area contributed by atoms with E-state index in [1.807, 2.05) is 18.2 Å². The maximum atomic E-state index is 10.6. The molecule has 1 N–H and O–H groups in total. The number of ether oxygens (including phenoxy) is 1. The number of carboxylic acids is 1. The highest BCUT2D eigenvalue weighted by Gasteiger charge is 2.08. The molecule has 2 rings (SSSR count). The van der Waals surface area contributed by atoms with Gasteiger partial charge in [0.15, 0.2) is 0 Å². The molecule has 1 aromatic heterocycles. The van der Waals surface area contributed by atoms with E-state index in [0.717, 1.165) is 5.56 Å². The highest BCUT2D eigenvalue weighted by molar-refractivity contribution is 6.31. The van der Waals surface area contributed by atoms with E-state index < -0.39 is 5.97 Å². The molecule has 0 aliphatic rings. The summed E-state index contributed by atoms with van der Waals surface area (Å²) >= 11 is 5.97. The molecule has 0 saturated heterocycles. The predicted octanol–water partition coefficient (Wildman–Crippen LogP) is 3.35. The molecule has 1 aromatic carbocycles. The fourth-order valence-corrected chi connectivity index (χ4v) is 1.64. The molecule has 4 nitrogen and oxygen atoms in total. The Morgan fingerprint density at radius 2 is 2.00 bits per heavy atom. The lowest BCUT2D eigenvalue weighted by atomic mass is 10.2. The van der Waals surface area contributed by atoms with Crippen LogP contribution in [0.2, 0.25) is 5.02 Å². The molecule has 0 unspecified atom stereocenters. The Kier molecular flexibility index (Phi) is 4.02. The predicted molar refractivity (Wildman–Crippen MR) is 65.6 cm³/mol. The van der Waals surface area contributed by atoms with Crippen molar-refractivity contribution in [3.63, 3.8) is 0 Å². The fourth-order valence-electron chi connectivity index (χ4n) is 1.45. The third-order valence-corrected chi connectivity index (χ3v) is 2.70. The average Bonchev–Trinajstić information content (AvgIpc) is 2.80. The topological polar surface area (TPSA) is 59.7 Å². The van der Waals surface area contributed by atoms with Crippen LogP contribution >= 0.6 is 11.6 Å². The van der Waals surface area contributed by atoms with Gasteiger partial charge < -0.3 is 14.3 Å². The fraction of sp³-hybridized carbons (Fsp3) is 0.154. The maximum Gasteiger partial charge on any atom is 0.371 e. The van der Waals surface area contributed by atoms with Gasteiger partial charge in [0.2, 0.25) is 5.76 Å². The highest BCUT2D eigenvalue weighted by atomic mass is 35.5. The van der Waals surface area contributed by atoms with Gasteiger partial charge in [-0.3, -0.25) is 0 Å². The number of rotatable bonds is 5. The number of carbonyl (C=O) groups is 1. The summed E-state index contributed by atoms with van der Waals surface area (Å²) in [6, 6.07) is 10.4. The Balaban J connectivity index is 1.88. The Morgan fingerprint density at radius 1 is 1.22 bits per heavy atom. The molecule has 0 fully saturated rings. The van der Waals surface area contributed by atoms with Crippen LogP contribution in [0.5, 0.6) is 0 Å². The zero-order valence-electron chi connectivity index (χ0n) is 9.43. The molecule has 0 saturated carbocycles. The van der Waals surface area contributed by atoms with Crippen molar-refractivity contribution in [3.8, 4) is 0 Å². The quantitative estimate of drug-likeness (QED) is 0.902. The molecular formula is C13H11ClO4. The maximum absolute atomic E-state index is 10.6. The third kappa shape index (κ3) is 3.12. The van der Waals surface area contributed by atoms with Crippen LogP contribution in [0.1, 0.15) is 21.9 Å². The van der Waals surface area contributed by atoms with Crippen molar-refractivity contribution in [1.82, 2.24) is 0 Å². The second kappa shape index (κ2) is 5.71. The van der Waals surface area contributed by atoms with E-state index in [-0.39, 0.29) is 12.4 Å². The van der Waals surface area contributed by atoms with Crippen molar-refractivity contribution in [1.29, 1.82) is 0 Å². The van der Waals surface area contributed by atoms with Gasteiger partial charge >= 0.3 is 5.97 Å². The number of furan rings is 1. The Hall–Kier alpha value is -1.78. The largest absolute Gasteiger partial charge is 0.475 e. The summed E-state index contributed by atoms with van der Waals surface area (Å²) in [5.74, 6) is -0.710. The molecule has 0 bridgehead atoms. The molecule has 94 valence electrons. The van der Waals surface area contributed by atoms with E-state index in [1.54, 1.807) is 12.1 Å². The summed E-state index contributed by atoms with van der Waals surface area (Å²) < 4.78 is 10.5. The summed E-state index contributed by atoms with van der Waals surface area (Å²) in [4.78, 5) is 10.6. The van der Waals surface area contributed by atoms with Gasteiger partial charge in [-0.1, -0.05) is 29.8 Å². The zero-order valence-corrected chi connectivity index (χ0v) is 10.2. The van der Waals surface area contributed by atoms with E-state index in [2.05, 4.69) is 0 Å². The SMILES string of the molecule is O=C(O)c1ccc(COCc2ccccc2Cl)o1. The standard InChI is InChI=1S/C13H11ClO4/c14-11-4-2-1-3-9(11)7-17-8-10-5-6-12(18-10)13(15)16/h1-6H,7-8H2,(H,15,16). The summed E-state index contributed by atoms with van der Waals surface area (Å²) in [7, 11) is 0. The number of benzene rings is 1. The summed E-state index contributed by atoms with van der Waals surface area (Å²) in [5.41, 5.74) is 0.879. The van der Waals surface area contributed by atoms with Crippen LogP contribution in [0.3, 0.4) is 0 Å². The molecule has 0 radical (unpaired) electrons. The molecule has 0 spiro atoms. The molecular weight excluding hydrogens is 256 g/mol. The summed E-state index contributed by atoms with van der Waals surface area (Å²) in [6.45, 7) is 0.557. The van der Waals surface area contributed by atoms with Crippen molar-refractivity contribution < 1.29 is 19.1 Å². The van der Waals surface area contributed by atoms with Crippen LogP contribution in [-0.4, -0.2) is 11.1 Å². The smallest absolute Gasteiger partial charge is 0.371 e. The van der Waals surface area contributed by atoms with E-state index in [4.69, 9.17) is 25.9 Å². The van der Waals surface area contributed by atoms with Gasteiger partial charge in [-0.15, -0.1) is 0 Å². The van der Waals surface area contributed by atoms with Gasteiger partial charge in [0.1, 0.15) is 12.4 Å². The van der Waals surface area contributed by atoms with Gasteiger partial charge in [0.05, 0.1) is 6.61 Å². The first-order chi connectivity index (χ1) is 8.66. The average molecular weight is 267 g/mol. The molecule has 2 aromatic rings. The van der Waals surface area contributed by atoms with Gasteiger partial charge in [-0.2, -0.15) is 0 Å². The number of aromatic carboxylic acids is 1. The lowest BCUT2D eigenvalue weighted by Crippen LogP contribution is -1.95. The molecule has 18 heavy (non-hydrogen) atoms. The lowest BCUT2D eigenvalue weighted by Gasteiger charge is -2.04. The van der Waals surface area contributed by atoms with E-state index in [9.17, 15) is 4.79 Å². The second-order valence-corrected chi connectivity index (χ2v) is 4.06. The van der Waals surface area contributed by atoms with Crippen molar-refractivity contribution in [2.45, 2.75) is 13.2 Å². The lowest BCUT2D eigenvalue weighted by molar-refractivity contribution is 0.0641. The van der Waals surface area contributed by atoms with E-state index in [0.29, 0.717) is 17.4 Å². The van der Waals surface area contributed by atoms with Crippen LogP contribution in [0, 0.1) is 0 Å². The Bertz CT molecular complexity index is 547. The summed E-state index contributed by atoms with van der Waals surface area (Å²) in [6.07, 6.45) is 0. The van der Waals surface area contributed by atoms with E-state index >= 15 is 0 Å². The van der Waals surface area contributed by atoms with Crippen LogP contribution in [-0.2, 0) is 18.0 Å². The van der Waals surface area contributed by atoms with Gasteiger partial charge in [0, 0.05) is 5.02 Å². The highest BCUT2D eigenvalue weighted by Crippen LogP contribution is 2.17. The van der Waals surface area contributed by atoms with Crippen LogP contribution in [0.4, 0.5) is 0 Å². The van der Waals surface area contributed by atoms with Crippen LogP contribution < -0.4 is 0 Å². The molecule has 0 aliphatic heterocycles. The minimum absolute atomic E-state index is 0.0913. The first-order valence-corrected chi connectivity index (χ1v) is 5.68. The normalized spacial score (nSPS) is 10.5. The first kappa shape index (κ1) is 12.7. The number of halogens is 1. The number of hydrogen-bond donors (Lipinski definition) is 1. The van der Waals surface area contributed by atoms with Crippen LogP contribution in [0.15, 0.2) is 40.8 Å². The minimum atomic E-state index is -1.09. The van der Waals surface area contributed by atoms with Gasteiger partial charge in [-0.05, 0) is 23.8 Å². The van der Waals surface area contributed by atoms with Gasteiger partial charge in [0.25, 0.3) is 0 Å². The second-order valence-electron chi connectivity index (χ2n) is 3.66. The number of hydrogen-bond acceptors (Lipinski definition) is 3. The molecule has 1 heterocycles. The third-order valence-electron chi connectivity index (χ3n) is 2.33. The Morgan fingerprint density at radius 3 is 2.67 bits per heavy atom. The Labute approximate surface area is 109 Å². The van der Waals surface area contributed by atoms with Crippen LogP contribution in [0.25, 0.3) is 0 Å². The first-order valence-electron chi connectivity index (χ1n) is 5.30. The van der Waals surface area contributed by atoms with Crippen molar-refractivity contribution in [2.24, 2.45) is 0 Å². The molecule has 0 aliphatic carbocycles. The minimum Gasteiger partial charge on any atom is -0.475 e. The van der Waals surface area contributed by atoms with E-state index in [1.165, 1.54) is 6.07 Å². The monoisotopic (exact) mass is 266 g/mol.